The average molecular weight is 212 g/mol. The molecule has 4 nitrogen and oxygen atoms in total. The van der Waals surface area contributed by atoms with Crippen LogP contribution in [0.15, 0.2) is 0 Å². The van der Waals surface area contributed by atoms with Crippen LogP contribution in [-0.2, 0) is 9.53 Å². The second-order valence-corrected chi connectivity index (χ2v) is 4.88. The van der Waals surface area contributed by atoms with Gasteiger partial charge in [0.1, 0.15) is 0 Å². The summed E-state index contributed by atoms with van der Waals surface area (Å²) in [7, 11) is 1.72. The number of hydrogen-bond acceptors (Lipinski definition) is 3. The van der Waals surface area contributed by atoms with E-state index in [0.717, 1.165) is 39.0 Å². The molecule has 2 rings (SSSR count). The van der Waals surface area contributed by atoms with E-state index in [2.05, 4.69) is 12.2 Å². The Kier molecular flexibility index (Phi) is 2.98. The first-order valence-corrected chi connectivity index (χ1v) is 5.68. The fourth-order valence-corrected chi connectivity index (χ4v) is 2.49. The second-order valence-electron chi connectivity index (χ2n) is 4.88. The van der Waals surface area contributed by atoms with Crippen molar-refractivity contribution in [3.05, 3.63) is 0 Å². The molecule has 15 heavy (non-hydrogen) atoms. The highest BCUT2D eigenvalue weighted by atomic mass is 16.5. The first-order valence-electron chi connectivity index (χ1n) is 5.68. The standard InChI is InChI=1S/C11H20N2O2/c1-11(4-5-12-8-11)10(14)13-6-3-9(7-13)15-2/h9,12H,3-8H2,1-2H3. The van der Waals surface area contributed by atoms with Gasteiger partial charge >= 0.3 is 0 Å². The number of carbonyl (C=O) groups excluding carboxylic acids is 1. The molecule has 0 saturated carbocycles. The fourth-order valence-electron chi connectivity index (χ4n) is 2.49. The topological polar surface area (TPSA) is 41.6 Å². The lowest BCUT2D eigenvalue weighted by Crippen LogP contribution is -2.42. The van der Waals surface area contributed by atoms with E-state index in [-0.39, 0.29) is 11.5 Å². The molecule has 1 amide bonds. The molecule has 2 heterocycles. The summed E-state index contributed by atoms with van der Waals surface area (Å²) in [4.78, 5) is 14.2. The Balaban J connectivity index is 1.96. The van der Waals surface area contributed by atoms with Crippen molar-refractivity contribution < 1.29 is 9.53 Å². The monoisotopic (exact) mass is 212 g/mol. The first kappa shape index (κ1) is 10.9. The zero-order valence-electron chi connectivity index (χ0n) is 9.58. The van der Waals surface area contributed by atoms with Crippen LogP contribution in [0, 0.1) is 5.41 Å². The lowest BCUT2D eigenvalue weighted by atomic mass is 9.88. The quantitative estimate of drug-likeness (QED) is 0.712. The van der Waals surface area contributed by atoms with Gasteiger partial charge in [-0.3, -0.25) is 4.79 Å². The third-order valence-electron chi connectivity index (χ3n) is 3.65. The van der Waals surface area contributed by atoms with Crippen LogP contribution >= 0.6 is 0 Å². The van der Waals surface area contributed by atoms with Crippen LogP contribution in [0.2, 0.25) is 0 Å². The molecular weight excluding hydrogens is 192 g/mol. The summed E-state index contributed by atoms with van der Waals surface area (Å²) in [5.41, 5.74) is -0.178. The summed E-state index contributed by atoms with van der Waals surface area (Å²) >= 11 is 0. The molecule has 0 aromatic carbocycles. The minimum absolute atomic E-state index is 0.178. The number of amides is 1. The smallest absolute Gasteiger partial charge is 0.229 e. The minimum Gasteiger partial charge on any atom is -0.380 e. The third kappa shape index (κ3) is 2.01. The molecule has 0 radical (unpaired) electrons. The van der Waals surface area contributed by atoms with Crippen LogP contribution in [-0.4, -0.2) is 50.2 Å². The van der Waals surface area contributed by atoms with Gasteiger partial charge in [-0.25, -0.2) is 0 Å². The molecule has 2 fully saturated rings. The molecule has 2 saturated heterocycles. The molecule has 2 unspecified atom stereocenters. The van der Waals surface area contributed by atoms with Crippen molar-refractivity contribution in [2.24, 2.45) is 5.41 Å². The van der Waals surface area contributed by atoms with Gasteiger partial charge in [0.25, 0.3) is 0 Å². The van der Waals surface area contributed by atoms with E-state index in [1.807, 2.05) is 4.90 Å². The molecule has 2 atom stereocenters. The predicted molar refractivity (Wildman–Crippen MR) is 57.6 cm³/mol. The molecule has 4 heteroatoms. The lowest BCUT2D eigenvalue weighted by molar-refractivity contribution is -0.139. The van der Waals surface area contributed by atoms with Crippen LogP contribution in [0.25, 0.3) is 0 Å². The summed E-state index contributed by atoms with van der Waals surface area (Å²) in [6.07, 6.45) is 2.18. The molecular formula is C11H20N2O2. The van der Waals surface area contributed by atoms with Gasteiger partial charge in [0, 0.05) is 26.7 Å². The van der Waals surface area contributed by atoms with E-state index >= 15 is 0 Å². The summed E-state index contributed by atoms with van der Waals surface area (Å²) in [6.45, 7) is 5.47. The normalized spacial score (nSPS) is 36.1. The summed E-state index contributed by atoms with van der Waals surface area (Å²) in [6, 6.07) is 0. The highest BCUT2D eigenvalue weighted by Gasteiger charge is 2.41. The van der Waals surface area contributed by atoms with Crippen molar-refractivity contribution in [1.29, 1.82) is 0 Å². The Morgan fingerprint density at radius 1 is 1.60 bits per heavy atom. The van der Waals surface area contributed by atoms with Gasteiger partial charge in [-0.05, 0) is 26.3 Å². The predicted octanol–water partition coefficient (Wildman–Crippen LogP) is 0.233. The Labute approximate surface area is 91.0 Å². The molecule has 2 aliphatic heterocycles. The van der Waals surface area contributed by atoms with E-state index in [1.54, 1.807) is 7.11 Å². The van der Waals surface area contributed by atoms with Crippen molar-refractivity contribution >= 4 is 5.91 Å². The van der Waals surface area contributed by atoms with E-state index < -0.39 is 0 Å². The van der Waals surface area contributed by atoms with Crippen LogP contribution in [0.3, 0.4) is 0 Å². The van der Waals surface area contributed by atoms with Crippen LogP contribution in [0.4, 0.5) is 0 Å². The number of carbonyl (C=O) groups is 1. The second kappa shape index (κ2) is 4.10. The fraction of sp³-hybridized carbons (Fsp3) is 0.909. The molecule has 86 valence electrons. The maximum Gasteiger partial charge on any atom is 0.229 e. The zero-order chi connectivity index (χ0) is 10.9. The van der Waals surface area contributed by atoms with Gasteiger partial charge in [0.15, 0.2) is 0 Å². The van der Waals surface area contributed by atoms with Gasteiger partial charge in [-0.1, -0.05) is 0 Å². The van der Waals surface area contributed by atoms with Crippen molar-refractivity contribution in [3.8, 4) is 0 Å². The minimum atomic E-state index is -0.178. The van der Waals surface area contributed by atoms with E-state index in [0.29, 0.717) is 5.91 Å². The Morgan fingerprint density at radius 3 is 2.93 bits per heavy atom. The van der Waals surface area contributed by atoms with Gasteiger partial charge < -0.3 is 15.0 Å². The molecule has 1 N–H and O–H groups in total. The van der Waals surface area contributed by atoms with Gasteiger partial charge in [0.05, 0.1) is 11.5 Å². The number of rotatable bonds is 2. The maximum absolute atomic E-state index is 12.3. The van der Waals surface area contributed by atoms with Gasteiger partial charge in [-0.2, -0.15) is 0 Å². The highest BCUT2D eigenvalue weighted by molar-refractivity contribution is 5.83. The third-order valence-corrected chi connectivity index (χ3v) is 3.65. The number of hydrogen-bond donors (Lipinski definition) is 1. The van der Waals surface area contributed by atoms with Gasteiger partial charge in [0.2, 0.25) is 5.91 Å². The number of methoxy groups -OCH3 is 1. The molecule has 0 aromatic rings. The van der Waals surface area contributed by atoms with Crippen molar-refractivity contribution in [3.63, 3.8) is 0 Å². The summed E-state index contributed by atoms with van der Waals surface area (Å²) in [5, 5.41) is 3.26. The number of ether oxygens (including phenoxy) is 1. The van der Waals surface area contributed by atoms with Crippen LogP contribution in [0.1, 0.15) is 19.8 Å². The number of nitrogens with zero attached hydrogens (tertiary/aromatic N) is 1. The van der Waals surface area contributed by atoms with Crippen molar-refractivity contribution in [2.75, 3.05) is 33.3 Å². The Hall–Kier alpha value is -0.610. The molecule has 0 aliphatic carbocycles. The molecule has 0 aromatic heterocycles. The number of nitrogens with one attached hydrogen (secondary N) is 1. The molecule has 0 spiro atoms. The number of likely N-dealkylation sites (tertiary alicyclic amines) is 1. The average Bonchev–Trinajstić information content (AvgIpc) is 2.85. The van der Waals surface area contributed by atoms with E-state index in [1.165, 1.54) is 0 Å². The zero-order valence-corrected chi connectivity index (χ0v) is 9.58. The SMILES string of the molecule is COC1CCN(C(=O)C2(C)CCNC2)C1. The Bertz CT molecular complexity index is 249. The van der Waals surface area contributed by atoms with E-state index in [9.17, 15) is 4.79 Å². The van der Waals surface area contributed by atoms with Crippen LogP contribution < -0.4 is 5.32 Å². The van der Waals surface area contributed by atoms with Crippen LogP contribution in [0.5, 0.6) is 0 Å². The largest absolute Gasteiger partial charge is 0.380 e. The summed E-state index contributed by atoms with van der Waals surface area (Å²) in [5.74, 6) is 0.298. The van der Waals surface area contributed by atoms with Crippen molar-refractivity contribution in [1.82, 2.24) is 10.2 Å². The molecule has 0 bridgehead atoms. The van der Waals surface area contributed by atoms with Gasteiger partial charge in [-0.15, -0.1) is 0 Å². The molecule has 2 aliphatic rings. The lowest BCUT2D eigenvalue weighted by Gasteiger charge is -2.28. The maximum atomic E-state index is 12.3. The van der Waals surface area contributed by atoms with Crippen molar-refractivity contribution in [2.45, 2.75) is 25.9 Å². The van der Waals surface area contributed by atoms with E-state index in [4.69, 9.17) is 4.74 Å². The summed E-state index contributed by atoms with van der Waals surface area (Å²) < 4.78 is 5.28. The Morgan fingerprint density at radius 2 is 2.40 bits per heavy atom. The highest BCUT2D eigenvalue weighted by Crippen LogP contribution is 2.29. The first-order chi connectivity index (χ1) is 7.15.